The van der Waals surface area contributed by atoms with Crippen LogP contribution in [0, 0.1) is 0 Å². The van der Waals surface area contributed by atoms with Crippen LogP contribution in [0.1, 0.15) is 50.5 Å². The number of rotatable bonds is 5. The highest BCUT2D eigenvalue weighted by molar-refractivity contribution is 7.84. The average molecular weight is 320 g/mol. The molecule has 0 aromatic heterocycles. The van der Waals surface area contributed by atoms with Gasteiger partial charge in [-0.2, -0.15) is 0 Å². The lowest BCUT2D eigenvalue weighted by Gasteiger charge is -2.21. The molecule has 120 valence electrons. The molecule has 1 amide bonds. The number of nitrogens with one attached hydrogen (secondary N) is 1. The minimum atomic E-state index is -0.821. The molecule has 2 fully saturated rings. The third kappa shape index (κ3) is 3.76. The molecule has 3 rings (SSSR count). The van der Waals surface area contributed by atoms with Crippen molar-refractivity contribution < 1.29 is 9.00 Å². The standard InChI is InChI=1S/C17H24N2O2S/c18-17(9-10-17)16(20)19-14-6-4-5-13(11-14)12-22(21)15-7-2-1-3-8-15/h4-6,11,15H,1-3,7-10,12,18H2,(H,19,20). The molecule has 1 aromatic carbocycles. The Kier molecular flexibility index (Phi) is 4.64. The van der Waals surface area contributed by atoms with Crippen molar-refractivity contribution in [2.45, 2.75) is 61.5 Å². The Labute approximate surface area is 134 Å². The van der Waals surface area contributed by atoms with Crippen LogP contribution in [-0.2, 0) is 21.3 Å². The van der Waals surface area contributed by atoms with E-state index < -0.39 is 16.3 Å². The highest BCUT2D eigenvalue weighted by atomic mass is 32.2. The molecule has 4 nitrogen and oxygen atoms in total. The van der Waals surface area contributed by atoms with E-state index in [0.717, 1.165) is 36.9 Å². The lowest BCUT2D eigenvalue weighted by molar-refractivity contribution is -0.118. The molecule has 1 aromatic rings. The first-order chi connectivity index (χ1) is 10.6. The molecule has 2 aliphatic carbocycles. The van der Waals surface area contributed by atoms with Crippen molar-refractivity contribution in [3.05, 3.63) is 29.8 Å². The highest BCUT2D eigenvalue weighted by Crippen LogP contribution is 2.33. The van der Waals surface area contributed by atoms with Crippen molar-refractivity contribution in [3.63, 3.8) is 0 Å². The quantitative estimate of drug-likeness (QED) is 0.876. The summed E-state index contributed by atoms with van der Waals surface area (Å²) in [4.78, 5) is 12.0. The molecule has 1 atom stereocenters. The molecule has 0 radical (unpaired) electrons. The van der Waals surface area contributed by atoms with Crippen molar-refractivity contribution in [2.75, 3.05) is 5.32 Å². The summed E-state index contributed by atoms with van der Waals surface area (Å²) in [7, 11) is -0.821. The second-order valence-electron chi connectivity index (χ2n) is 6.60. The molecule has 2 saturated carbocycles. The van der Waals surface area contributed by atoms with Crippen LogP contribution in [0.25, 0.3) is 0 Å². The molecular formula is C17H24N2O2S. The summed E-state index contributed by atoms with van der Waals surface area (Å²) in [5.74, 6) is 0.459. The molecule has 0 spiro atoms. The Hall–Kier alpha value is -1.20. The lowest BCUT2D eigenvalue weighted by Crippen LogP contribution is -2.37. The van der Waals surface area contributed by atoms with E-state index in [0.29, 0.717) is 11.0 Å². The van der Waals surface area contributed by atoms with E-state index in [9.17, 15) is 9.00 Å². The van der Waals surface area contributed by atoms with E-state index in [2.05, 4.69) is 5.32 Å². The molecule has 1 unspecified atom stereocenters. The van der Waals surface area contributed by atoms with Crippen LogP contribution < -0.4 is 11.1 Å². The predicted octanol–water partition coefficient (Wildman–Crippen LogP) is 2.70. The number of benzene rings is 1. The zero-order chi connectivity index (χ0) is 15.6. The summed E-state index contributed by atoms with van der Waals surface area (Å²) in [5.41, 5.74) is 6.99. The number of nitrogens with two attached hydrogens (primary N) is 1. The topological polar surface area (TPSA) is 72.2 Å². The summed E-state index contributed by atoms with van der Waals surface area (Å²) in [5, 5.41) is 3.21. The van der Waals surface area contributed by atoms with E-state index in [-0.39, 0.29) is 5.91 Å². The maximum absolute atomic E-state index is 12.5. The SMILES string of the molecule is NC1(C(=O)Nc2cccc(CS(=O)C3CCCCC3)c2)CC1. The number of anilines is 1. The van der Waals surface area contributed by atoms with E-state index in [4.69, 9.17) is 5.73 Å². The minimum absolute atomic E-state index is 0.113. The molecule has 0 aliphatic heterocycles. The van der Waals surface area contributed by atoms with Crippen LogP contribution >= 0.6 is 0 Å². The molecule has 5 heteroatoms. The summed E-state index contributed by atoms with van der Waals surface area (Å²) < 4.78 is 12.5. The number of hydrogen-bond donors (Lipinski definition) is 2. The van der Waals surface area contributed by atoms with Gasteiger partial charge < -0.3 is 11.1 Å². The van der Waals surface area contributed by atoms with Gasteiger partial charge in [-0.3, -0.25) is 9.00 Å². The molecule has 2 aliphatic rings. The molecule has 3 N–H and O–H groups in total. The average Bonchev–Trinajstić information content (AvgIpc) is 3.28. The molecule has 0 heterocycles. The number of hydrogen-bond acceptors (Lipinski definition) is 3. The summed E-state index contributed by atoms with van der Waals surface area (Å²) in [6.07, 6.45) is 7.35. The lowest BCUT2D eigenvalue weighted by atomic mass is 10.0. The Morgan fingerprint density at radius 2 is 2.00 bits per heavy atom. The monoisotopic (exact) mass is 320 g/mol. The van der Waals surface area contributed by atoms with Crippen molar-refractivity contribution in [1.29, 1.82) is 0 Å². The van der Waals surface area contributed by atoms with Gasteiger partial charge >= 0.3 is 0 Å². The van der Waals surface area contributed by atoms with Crippen LogP contribution in [0.15, 0.2) is 24.3 Å². The smallest absolute Gasteiger partial charge is 0.244 e. The van der Waals surface area contributed by atoms with Gasteiger partial charge in [0.05, 0.1) is 5.54 Å². The first-order valence-corrected chi connectivity index (χ1v) is 9.51. The van der Waals surface area contributed by atoms with E-state index in [1.165, 1.54) is 19.3 Å². The van der Waals surface area contributed by atoms with Gasteiger partial charge in [0.25, 0.3) is 0 Å². The van der Waals surface area contributed by atoms with Gasteiger partial charge in [-0.1, -0.05) is 31.4 Å². The van der Waals surface area contributed by atoms with E-state index in [1.54, 1.807) is 0 Å². The molecule has 0 saturated heterocycles. The maximum atomic E-state index is 12.5. The Morgan fingerprint density at radius 1 is 1.27 bits per heavy atom. The van der Waals surface area contributed by atoms with Crippen LogP contribution in [0.5, 0.6) is 0 Å². The third-order valence-corrected chi connectivity index (χ3v) is 6.49. The predicted molar refractivity (Wildman–Crippen MR) is 89.9 cm³/mol. The summed E-state index contributed by atoms with van der Waals surface area (Å²) in [6.45, 7) is 0. The second-order valence-corrected chi connectivity index (χ2v) is 8.31. The van der Waals surface area contributed by atoms with Crippen LogP contribution in [-0.4, -0.2) is 20.9 Å². The summed E-state index contributed by atoms with van der Waals surface area (Å²) >= 11 is 0. The first kappa shape index (κ1) is 15.7. The summed E-state index contributed by atoms with van der Waals surface area (Å²) in [6, 6.07) is 7.66. The Morgan fingerprint density at radius 3 is 2.68 bits per heavy atom. The fourth-order valence-corrected chi connectivity index (χ4v) is 4.57. The minimum Gasteiger partial charge on any atom is -0.324 e. The zero-order valence-electron chi connectivity index (χ0n) is 12.8. The van der Waals surface area contributed by atoms with Gasteiger partial charge in [0.1, 0.15) is 0 Å². The number of amides is 1. The van der Waals surface area contributed by atoms with Crippen molar-refractivity contribution >= 4 is 22.4 Å². The van der Waals surface area contributed by atoms with Gasteiger partial charge in [-0.05, 0) is 43.4 Å². The van der Waals surface area contributed by atoms with E-state index in [1.807, 2.05) is 24.3 Å². The van der Waals surface area contributed by atoms with Crippen LogP contribution in [0.4, 0.5) is 5.69 Å². The first-order valence-electron chi connectivity index (χ1n) is 8.13. The fraction of sp³-hybridized carbons (Fsp3) is 0.588. The van der Waals surface area contributed by atoms with E-state index >= 15 is 0 Å². The van der Waals surface area contributed by atoms with Crippen LogP contribution in [0.2, 0.25) is 0 Å². The molecule has 0 bridgehead atoms. The number of carbonyl (C=O) groups is 1. The highest BCUT2D eigenvalue weighted by Gasteiger charge is 2.45. The Balaban J connectivity index is 1.61. The van der Waals surface area contributed by atoms with Crippen molar-refractivity contribution in [3.8, 4) is 0 Å². The number of carbonyl (C=O) groups excluding carboxylic acids is 1. The molecular weight excluding hydrogens is 296 g/mol. The van der Waals surface area contributed by atoms with Crippen molar-refractivity contribution in [1.82, 2.24) is 0 Å². The van der Waals surface area contributed by atoms with Crippen molar-refractivity contribution in [2.24, 2.45) is 5.73 Å². The largest absolute Gasteiger partial charge is 0.324 e. The fourth-order valence-electron chi connectivity index (χ4n) is 2.97. The van der Waals surface area contributed by atoms with Gasteiger partial charge in [-0.15, -0.1) is 0 Å². The van der Waals surface area contributed by atoms with Gasteiger partial charge in [0.15, 0.2) is 0 Å². The molecule has 22 heavy (non-hydrogen) atoms. The van der Waals surface area contributed by atoms with Gasteiger partial charge in [-0.25, -0.2) is 0 Å². The third-order valence-electron chi connectivity index (χ3n) is 4.66. The maximum Gasteiger partial charge on any atom is 0.244 e. The normalized spacial score (nSPS) is 22.0. The zero-order valence-corrected chi connectivity index (χ0v) is 13.7. The van der Waals surface area contributed by atoms with Gasteiger partial charge in [0, 0.05) is 27.5 Å². The van der Waals surface area contributed by atoms with Gasteiger partial charge in [0.2, 0.25) is 5.91 Å². The second kappa shape index (κ2) is 6.50. The Bertz CT molecular complexity index is 578. The van der Waals surface area contributed by atoms with Crippen LogP contribution in [0.3, 0.4) is 0 Å².